The van der Waals surface area contributed by atoms with Crippen molar-refractivity contribution in [2.75, 3.05) is 5.75 Å². The van der Waals surface area contributed by atoms with E-state index in [9.17, 15) is 9.59 Å². The molecule has 2 aromatic carbocycles. The van der Waals surface area contributed by atoms with Crippen LogP contribution >= 0.6 is 23.4 Å². The van der Waals surface area contributed by atoms with E-state index < -0.39 is 0 Å². The van der Waals surface area contributed by atoms with Crippen molar-refractivity contribution in [3.8, 4) is 6.07 Å². The van der Waals surface area contributed by atoms with Crippen molar-refractivity contribution >= 4 is 40.2 Å². The highest BCUT2D eigenvalue weighted by Gasteiger charge is 2.22. The molecule has 3 aromatic rings. The minimum atomic E-state index is -0.253. The van der Waals surface area contributed by atoms with Crippen LogP contribution in [-0.2, 0) is 6.54 Å². The molecule has 164 valence electrons. The number of benzene rings is 2. The predicted octanol–water partition coefficient (Wildman–Crippen LogP) is 5.10. The van der Waals surface area contributed by atoms with Crippen LogP contribution in [0.25, 0.3) is 10.9 Å². The SMILES string of the molecule is N#CCSc1nc2cc(C(=O)NCc3cccc(Cl)c3)ccc2c(=O)n1C1CCCCC1. The van der Waals surface area contributed by atoms with Gasteiger partial charge in [-0.05, 0) is 48.7 Å². The van der Waals surface area contributed by atoms with Gasteiger partial charge in [-0.25, -0.2) is 4.98 Å². The lowest BCUT2D eigenvalue weighted by molar-refractivity contribution is 0.0951. The largest absolute Gasteiger partial charge is 0.348 e. The molecule has 1 aliphatic rings. The molecule has 0 saturated heterocycles. The zero-order chi connectivity index (χ0) is 22.5. The Morgan fingerprint density at radius 2 is 2.03 bits per heavy atom. The van der Waals surface area contributed by atoms with Gasteiger partial charge in [-0.2, -0.15) is 5.26 Å². The maximum absolute atomic E-state index is 13.3. The number of carbonyl (C=O) groups excluding carboxylic acids is 1. The predicted molar refractivity (Wildman–Crippen MR) is 127 cm³/mol. The molecule has 32 heavy (non-hydrogen) atoms. The number of nitriles is 1. The number of hydrogen-bond donors (Lipinski definition) is 1. The molecule has 1 saturated carbocycles. The van der Waals surface area contributed by atoms with E-state index >= 15 is 0 Å². The Kier molecular flexibility index (Phi) is 7.13. The van der Waals surface area contributed by atoms with Crippen LogP contribution in [0.2, 0.25) is 5.02 Å². The van der Waals surface area contributed by atoms with Crippen molar-refractivity contribution in [2.45, 2.75) is 49.8 Å². The summed E-state index contributed by atoms with van der Waals surface area (Å²) in [5.41, 5.74) is 1.69. The summed E-state index contributed by atoms with van der Waals surface area (Å²) in [7, 11) is 0. The summed E-state index contributed by atoms with van der Waals surface area (Å²) in [6, 6.07) is 14.5. The third-order valence-corrected chi connectivity index (χ3v) is 6.73. The fourth-order valence-electron chi connectivity index (χ4n) is 4.11. The lowest BCUT2D eigenvalue weighted by Gasteiger charge is -2.26. The summed E-state index contributed by atoms with van der Waals surface area (Å²) in [6.45, 7) is 0.345. The fourth-order valence-corrected chi connectivity index (χ4v) is 5.05. The summed E-state index contributed by atoms with van der Waals surface area (Å²) in [4.78, 5) is 30.7. The number of aromatic nitrogens is 2. The Labute approximate surface area is 195 Å². The van der Waals surface area contributed by atoms with Crippen LogP contribution in [0.3, 0.4) is 0 Å². The van der Waals surface area contributed by atoms with Crippen LogP contribution in [-0.4, -0.2) is 21.2 Å². The monoisotopic (exact) mass is 466 g/mol. The Morgan fingerprint density at radius 3 is 2.78 bits per heavy atom. The molecule has 0 radical (unpaired) electrons. The van der Waals surface area contributed by atoms with Gasteiger partial charge in [0.1, 0.15) is 0 Å². The average Bonchev–Trinajstić information content (AvgIpc) is 2.81. The molecule has 1 aliphatic carbocycles. The molecule has 0 spiro atoms. The van der Waals surface area contributed by atoms with Gasteiger partial charge in [0.05, 0.1) is 22.7 Å². The average molecular weight is 467 g/mol. The third-order valence-electron chi connectivity index (χ3n) is 5.68. The lowest BCUT2D eigenvalue weighted by atomic mass is 9.95. The smallest absolute Gasteiger partial charge is 0.262 e. The van der Waals surface area contributed by atoms with Crippen molar-refractivity contribution in [2.24, 2.45) is 0 Å². The highest BCUT2D eigenvalue weighted by Crippen LogP contribution is 2.31. The van der Waals surface area contributed by atoms with Crippen LogP contribution in [0.5, 0.6) is 0 Å². The Bertz CT molecular complexity index is 1240. The third kappa shape index (κ3) is 4.98. The molecule has 1 heterocycles. The van der Waals surface area contributed by atoms with Gasteiger partial charge in [0.2, 0.25) is 0 Å². The van der Waals surface area contributed by atoms with E-state index in [0.29, 0.717) is 33.2 Å². The molecule has 0 bridgehead atoms. The Morgan fingerprint density at radius 1 is 1.22 bits per heavy atom. The Hall–Kier alpha value is -2.82. The molecule has 1 fully saturated rings. The molecule has 6 nitrogen and oxygen atoms in total. The van der Waals surface area contributed by atoms with E-state index in [4.69, 9.17) is 21.8 Å². The van der Waals surface area contributed by atoms with E-state index in [1.807, 2.05) is 12.1 Å². The maximum Gasteiger partial charge on any atom is 0.262 e. The van der Waals surface area contributed by atoms with E-state index in [0.717, 1.165) is 31.2 Å². The maximum atomic E-state index is 13.3. The van der Waals surface area contributed by atoms with Gasteiger partial charge in [0.25, 0.3) is 11.5 Å². The second-order valence-electron chi connectivity index (χ2n) is 7.85. The summed E-state index contributed by atoms with van der Waals surface area (Å²) in [5, 5.41) is 13.6. The van der Waals surface area contributed by atoms with Crippen LogP contribution in [0.1, 0.15) is 54.1 Å². The van der Waals surface area contributed by atoms with E-state index in [-0.39, 0.29) is 23.3 Å². The highest BCUT2D eigenvalue weighted by atomic mass is 35.5. The van der Waals surface area contributed by atoms with Gasteiger partial charge in [0, 0.05) is 23.2 Å². The molecule has 4 rings (SSSR count). The minimum Gasteiger partial charge on any atom is -0.348 e. The van der Waals surface area contributed by atoms with Gasteiger partial charge in [-0.15, -0.1) is 0 Å². The van der Waals surface area contributed by atoms with Crippen molar-refractivity contribution in [3.05, 3.63) is 69.0 Å². The number of hydrogen-bond acceptors (Lipinski definition) is 5. The number of nitrogens with zero attached hydrogens (tertiary/aromatic N) is 3. The van der Waals surface area contributed by atoms with E-state index in [2.05, 4.69) is 11.4 Å². The van der Waals surface area contributed by atoms with Gasteiger partial charge in [-0.3, -0.25) is 14.2 Å². The van der Waals surface area contributed by atoms with Gasteiger partial charge >= 0.3 is 0 Å². The zero-order valence-corrected chi connectivity index (χ0v) is 19.1. The molecule has 8 heteroatoms. The zero-order valence-electron chi connectivity index (χ0n) is 17.5. The standard InChI is InChI=1S/C24H23ClN4O2S/c25-18-6-4-5-16(13-18)15-27-22(30)17-9-10-20-21(14-17)28-24(32-12-11-26)29(23(20)31)19-7-2-1-3-8-19/h4-6,9-10,13-14,19H,1-3,7-8,12,15H2,(H,27,30). The number of thioether (sulfide) groups is 1. The van der Waals surface area contributed by atoms with Crippen molar-refractivity contribution in [3.63, 3.8) is 0 Å². The quantitative estimate of drug-likeness (QED) is 0.403. The first-order valence-electron chi connectivity index (χ1n) is 10.7. The summed E-state index contributed by atoms with van der Waals surface area (Å²) in [5.74, 6) is -0.0406. The van der Waals surface area contributed by atoms with Gasteiger partial charge in [-0.1, -0.05) is 54.8 Å². The van der Waals surface area contributed by atoms with Crippen LogP contribution in [0.4, 0.5) is 0 Å². The first-order chi connectivity index (χ1) is 15.6. The van der Waals surface area contributed by atoms with Gasteiger partial charge < -0.3 is 5.32 Å². The fraction of sp³-hybridized carbons (Fsp3) is 0.333. The van der Waals surface area contributed by atoms with Crippen LogP contribution in [0, 0.1) is 11.3 Å². The topological polar surface area (TPSA) is 87.8 Å². The summed E-state index contributed by atoms with van der Waals surface area (Å²) < 4.78 is 1.77. The number of rotatable bonds is 6. The molecule has 1 aromatic heterocycles. The molecular formula is C24H23ClN4O2S. The molecule has 1 N–H and O–H groups in total. The molecule has 0 unspecified atom stereocenters. The number of halogens is 1. The summed E-state index contributed by atoms with van der Waals surface area (Å²) in [6.07, 6.45) is 5.24. The van der Waals surface area contributed by atoms with Gasteiger partial charge in [0.15, 0.2) is 5.16 Å². The minimum absolute atomic E-state index is 0.103. The highest BCUT2D eigenvalue weighted by molar-refractivity contribution is 7.99. The van der Waals surface area contributed by atoms with Crippen molar-refractivity contribution in [1.29, 1.82) is 5.26 Å². The second-order valence-corrected chi connectivity index (χ2v) is 9.23. The molecule has 0 atom stereocenters. The number of carbonyl (C=O) groups is 1. The van der Waals surface area contributed by atoms with Crippen LogP contribution < -0.4 is 10.9 Å². The van der Waals surface area contributed by atoms with Crippen LogP contribution in [0.15, 0.2) is 52.4 Å². The van der Waals surface area contributed by atoms with Crippen molar-refractivity contribution < 1.29 is 4.79 Å². The van der Waals surface area contributed by atoms with Crippen molar-refractivity contribution in [1.82, 2.24) is 14.9 Å². The lowest BCUT2D eigenvalue weighted by Crippen LogP contribution is -2.29. The second kappa shape index (κ2) is 10.2. The van der Waals surface area contributed by atoms with E-state index in [1.54, 1.807) is 34.9 Å². The van der Waals surface area contributed by atoms with E-state index in [1.165, 1.54) is 18.2 Å². The normalized spacial score (nSPS) is 14.2. The summed E-state index contributed by atoms with van der Waals surface area (Å²) >= 11 is 7.27. The first kappa shape index (κ1) is 22.4. The molecular weight excluding hydrogens is 444 g/mol. The Balaban J connectivity index is 1.64. The number of nitrogens with one attached hydrogen (secondary N) is 1. The number of fused-ring (bicyclic) bond motifs is 1. The number of amides is 1. The molecule has 1 amide bonds. The first-order valence-corrected chi connectivity index (χ1v) is 12.0. The molecule has 0 aliphatic heterocycles.